The molecular formula is C29H37N3O7S. The monoisotopic (exact) mass is 571 g/mol. The van der Waals surface area contributed by atoms with E-state index in [1.54, 1.807) is 25.2 Å². The Morgan fingerprint density at radius 2 is 1.95 bits per heavy atom. The minimum Gasteiger partial charge on any atom is -0.493 e. The summed E-state index contributed by atoms with van der Waals surface area (Å²) in [6, 6.07) is 4.88. The molecule has 3 aliphatic rings. The Kier molecular flexibility index (Phi) is 8.55. The summed E-state index contributed by atoms with van der Waals surface area (Å²) in [7, 11) is -2.17. The van der Waals surface area contributed by atoms with Crippen LogP contribution in [-0.4, -0.2) is 68.5 Å². The highest BCUT2D eigenvalue weighted by molar-refractivity contribution is 7.89. The fourth-order valence-electron chi connectivity index (χ4n) is 5.85. The molecule has 0 unspecified atom stereocenters. The van der Waals surface area contributed by atoms with Gasteiger partial charge in [0.15, 0.2) is 6.29 Å². The van der Waals surface area contributed by atoms with E-state index < -0.39 is 10.0 Å². The Balaban J connectivity index is 1.49. The molecule has 11 heteroatoms. The number of pyridine rings is 1. The quantitative estimate of drug-likeness (QED) is 0.402. The van der Waals surface area contributed by atoms with Crippen molar-refractivity contribution in [3.05, 3.63) is 50.9 Å². The SMILES string of the molecule is CCCOc1ccc(S(=O)(=O)N2CCC([C@H]3COCO3)CC2)cc1C1=Nc2c(CCC)c(C=O)n(C)c(=O)c2C1. The average molecular weight is 572 g/mol. The third kappa shape index (κ3) is 5.27. The van der Waals surface area contributed by atoms with Gasteiger partial charge >= 0.3 is 0 Å². The van der Waals surface area contributed by atoms with E-state index >= 15 is 0 Å². The number of sulfonamides is 1. The molecule has 0 spiro atoms. The van der Waals surface area contributed by atoms with Gasteiger partial charge in [0.25, 0.3) is 5.56 Å². The summed E-state index contributed by atoms with van der Waals surface area (Å²) in [5, 5.41) is 0. The van der Waals surface area contributed by atoms with Crippen molar-refractivity contribution in [3.63, 3.8) is 0 Å². The summed E-state index contributed by atoms with van der Waals surface area (Å²) in [5.74, 6) is 0.797. The molecule has 0 aliphatic carbocycles. The van der Waals surface area contributed by atoms with Gasteiger partial charge in [-0.25, -0.2) is 8.42 Å². The number of nitrogens with zero attached hydrogens (tertiary/aromatic N) is 3. The number of rotatable bonds is 10. The number of hydrogen-bond donors (Lipinski definition) is 0. The minimum absolute atomic E-state index is 0.0264. The Bertz CT molecular complexity index is 1470. The van der Waals surface area contributed by atoms with E-state index in [9.17, 15) is 18.0 Å². The average Bonchev–Trinajstić information content (AvgIpc) is 3.66. The molecular weight excluding hydrogens is 534 g/mol. The number of benzene rings is 1. The smallest absolute Gasteiger partial charge is 0.256 e. The Morgan fingerprint density at radius 1 is 1.18 bits per heavy atom. The maximum absolute atomic E-state index is 13.7. The molecule has 10 nitrogen and oxygen atoms in total. The molecule has 0 saturated carbocycles. The van der Waals surface area contributed by atoms with Crippen molar-refractivity contribution in [3.8, 4) is 5.75 Å². The highest BCUT2D eigenvalue weighted by Gasteiger charge is 2.35. The van der Waals surface area contributed by atoms with Crippen molar-refractivity contribution < 1.29 is 27.4 Å². The number of fused-ring (bicyclic) bond motifs is 1. The first-order valence-electron chi connectivity index (χ1n) is 14.0. The van der Waals surface area contributed by atoms with Gasteiger partial charge in [-0.1, -0.05) is 20.3 Å². The van der Waals surface area contributed by atoms with Crippen LogP contribution >= 0.6 is 0 Å². The Hall–Kier alpha value is -2.86. The highest BCUT2D eigenvalue weighted by atomic mass is 32.2. The molecule has 2 fully saturated rings. The van der Waals surface area contributed by atoms with E-state index in [2.05, 4.69) is 0 Å². The molecule has 1 aromatic heterocycles. The van der Waals surface area contributed by atoms with Gasteiger partial charge in [0.1, 0.15) is 12.5 Å². The van der Waals surface area contributed by atoms with E-state index in [0.717, 1.165) is 18.4 Å². The van der Waals surface area contributed by atoms with Gasteiger partial charge in [-0.05, 0) is 49.8 Å². The van der Waals surface area contributed by atoms with Gasteiger partial charge in [0.05, 0.1) is 41.3 Å². The van der Waals surface area contributed by atoms with Gasteiger partial charge in [-0.2, -0.15) is 4.31 Å². The Morgan fingerprint density at radius 3 is 2.60 bits per heavy atom. The first kappa shape index (κ1) is 28.7. The molecule has 0 bridgehead atoms. The van der Waals surface area contributed by atoms with E-state index in [0.29, 0.717) is 92.6 Å². The van der Waals surface area contributed by atoms with Crippen molar-refractivity contribution in [1.29, 1.82) is 0 Å². The topological polar surface area (TPSA) is 116 Å². The summed E-state index contributed by atoms with van der Waals surface area (Å²) in [5.41, 5.74) is 2.95. The lowest BCUT2D eigenvalue weighted by molar-refractivity contribution is 0.0184. The molecule has 3 aliphatic heterocycles. The third-order valence-electron chi connectivity index (χ3n) is 8.04. The number of carbonyl (C=O) groups excluding carboxylic acids is 1. The zero-order valence-corrected chi connectivity index (χ0v) is 24.2. The number of hydrogen-bond acceptors (Lipinski definition) is 8. The van der Waals surface area contributed by atoms with Crippen molar-refractivity contribution in [2.24, 2.45) is 18.0 Å². The van der Waals surface area contributed by atoms with Crippen LogP contribution in [-0.2, 0) is 39.4 Å². The largest absolute Gasteiger partial charge is 0.493 e. The number of carbonyl (C=O) groups is 1. The summed E-state index contributed by atoms with van der Waals surface area (Å²) >= 11 is 0. The Labute approximate surface area is 235 Å². The molecule has 0 N–H and O–H groups in total. The van der Waals surface area contributed by atoms with Crippen LogP contribution in [0.3, 0.4) is 0 Å². The zero-order chi connectivity index (χ0) is 28.4. The van der Waals surface area contributed by atoms with Crippen molar-refractivity contribution in [1.82, 2.24) is 8.87 Å². The zero-order valence-electron chi connectivity index (χ0n) is 23.3. The number of aldehydes is 1. The maximum atomic E-state index is 13.7. The van der Waals surface area contributed by atoms with Gasteiger partial charge < -0.3 is 18.8 Å². The lowest BCUT2D eigenvalue weighted by Gasteiger charge is -2.33. The third-order valence-corrected chi connectivity index (χ3v) is 9.94. The molecule has 5 rings (SSSR count). The van der Waals surface area contributed by atoms with Crippen molar-refractivity contribution in [2.75, 3.05) is 33.1 Å². The molecule has 4 heterocycles. The molecule has 0 radical (unpaired) electrons. The second-order valence-electron chi connectivity index (χ2n) is 10.6. The first-order chi connectivity index (χ1) is 19.3. The second kappa shape index (κ2) is 11.9. The highest BCUT2D eigenvalue weighted by Crippen LogP contribution is 2.36. The summed E-state index contributed by atoms with van der Waals surface area (Å²) in [6.45, 7) is 6.14. The molecule has 2 saturated heterocycles. The predicted octanol–water partition coefficient (Wildman–Crippen LogP) is 3.39. The molecule has 40 heavy (non-hydrogen) atoms. The fraction of sp³-hybridized carbons (Fsp3) is 0.552. The maximum Gasteiger partial charge on any atom is 0.256 e. The standard InChI is InChI=1S/C29H37N3O7S/c1-4-6-21-25(16-33)31(3)29(34)23-15-24(30-28(21)23)22-14-20(7-8-26(22)38-13-5-2)40(35,36)32-11-9-19(10-12-32)27-17-37-18-39-27/h7-8,14,16,19,27H,4-6,9-13,15,17-18H2,1-3H3/t27-/m1/s1. The van der Waals surface area contributed by atoms with E-state index in [1.165, 1.54) is 8.87 Å². The van der Waals surface area contributed by atoms with E-state index in [4.69, 9.17) is 19.2 Å². The van der Waals surface area contributed by atoms with Gasteiger partial charge in [-0.15, -0.1) is 0 Å². The minimum atomic E-state index is -3.77. The lowest BCUT2D eigenvalue weighted by atomic mass is 9.93. The molecule has 1 aromatic carbocycles. The fourth-order valence-corrected chi connectivity index (χ4v) is 7.34. The number of aromatic nitrogens is 1. The van der Waals surface area contributed by atoms with E-state index in [1.807, 2.05) is 13.8 Å². The van der Waals surface area contributed by atoms with Crippen LogP contribution in [0.4, 0.5) is 5.69 Å². The first-order valence-corrected chi connectivity index (χ1v) is 15.5. The molecule has 216 valence electrons. The van der Waals surface area contributed by atoms with Crippen LogP contribution in [0, 0.1) is 5.92 Å². The van der Waals surface area contributed by atoms with Gasteiger partial charge in [0.2, 0.25) is 10.0 Å². The van der Waals surface area contributed by atoms with Crippen LogP contribution in [0.2, 0.25) is 0 Å². The summed E-state index contributed by atoms with van der Waals surface area (Å²) in [4.78, 5) is 30.1. The van der Waals surface area contributed by atoms with Crippen LogP contribution < -0.4 is 10.3 Å². The van der Waals surface area contributed by atoms with E-state index in [-0.39, 0.29) is 28.9 Å². The lowest BCUT2D eigenvalue weighted by Crippen LogP contribution is -2.41. The van der Waals surface area contributed by atoms with Gasteiger partial charge in [0, 0.05) is 43.2 Å². The van der Waals surface area contributed by atoms with Gasteiger partial charge in [-0.3, -0.25) is 14.6 Å². The van der Waals surface area contributed by atoms with Crippen LogP contribution in [0.15, 0.2) is 32.9 Å². The number of aliphatic imine (C=N–C) groups is 1. The van der Waals surface area contributed by atoms with Crippen LogP contribution in [0.25, 0.3) is 0 Å². The van der Waals surface area contributed by atoms with Crippen LogP contribution in [0.1, 0.15) is 66.7 Å². The molecule has 0 amide bonds. The summed E-state index contributed by atoms with van der Waals surface area (Å²) in [6.07, 6.45) is 4.55. The van der Waals surface area contributed by atoms with Crippen molar-refractivity contribution in [2.45, 2.75) is 63.4 Å². The second-order valence-corrected chi connectivity index (χ2v) is 12.5. The molecule has 2 aromatic rings. The number of piperidine rings is 1. The summed E-state index contributed by atoms with van der Waals surface area (Å²) < 4.78 is 47.4. The normalized spacial score (nSPS) is 20.0. The predicted molar refractivity (Wildman–Crippen MR) is 150 cm³/mol. The number of ether oxygens (including phenoxy) is 3. The van der Waals surface area contributed by atoms with Crippen molar-refractivity contribution >= 4 is 27.7 Å². The van der Waals surface area contributed by atoms with Crippen LogP contribution in [0.5, 0.6) is 5.75 Å². The molecule has 1 atom stereocenters.